The van der Waals surface area contributed by atoms with Gasteiger partial charge in [-0.05, 0) is 12.1 Å². The van der Waals surface area contributed by atoms with Gasteiger partial charge in [-0.1, -0.05) is 12.1 Å². The van der Waals surface area contributed by atoms with Gasteiger partial charge in [-0.2, -0.15) is 5.10 Å². The second-order valence-corrected chi connectivity index (χ2v) is 4.01. The van der Waals surface area contributed by atoms with Gasteiger partial charge in [-0.25, -0.2) is 4.98 Å². The third-order valence-corrected chi connectivity index (χ3v) is 2.82. The molecule has 92 valence electrons. The van der Waals surface area contributed by atoms with E-state index in [2.05, 4.69) is 15.2 Å². The first kappa shape index (κ1) is 10.8. The third kappa shape index (κ3) is 1.63. The fraction of sp³-hybridized carbons (Fsp3) is 0.167. The first-order chi connectivity index (χ1) is 8.79. The summed E-state index contributed by atoms with van der Waals surface area (Å²) in [5.41, 5.74) is 8.22. The van der Waals surface area contributed by atoms with E-state index in [1.165, 1.54) is 0 Å². The van der Waals surface area contributed by atoms with Crippen LogP contribution in [0.1, 0.15) is 0 Å². The summed E-state index contributed by atoms with van der Waals surface area (Å²) in [6, 6.07) is 9.52. The second kappa shape index (κ2) is 4.15. The zero-order valence-corrected chi connectivity index (χ0v) is 9.67. The molecule has 18 heavy (non-hydrogen) atoms. The molecule has 0 aliphatic carbocycles. The number of benzene rings is 1. The lowest BCUT2D eigenvalue weighted by Crippen LogP contribution is -2.04. The summed E-state index contributed by atoms with van der Waals surface area (Å²) in [6.45, 7) is 0.533. The Kier molecular flexibility index (Phi) is 2.49. The van der Waals surface area contributed by atoms with E-state index >= 15 is 0 Å². The topological polar surface area (TPSA) is 92.7 Å². The number of aromatic amines is 1. The Bertz CT molecular complexity index is 685. The molecule has 2 heterocycles. The number of hydrogen-bond acceptors (Lipinski definition) is 4. The molecular formula is C12H13N5O. The molecule has 6 nitrogen and oxygen atoms in total. The second-order valence-electron chi connectivity index (χ2n) is 4.01. The average Bonchev–Trinajstić information content (AvgIpc) is 2.95. The van der Waals surface area contributed by atoms with Gasteiger partial charge in [0.05, 0.1) is 17.6 Å². The maximum absolute atomic E-state index is 9.17. The van der Waals surface area contributed by atoms with Crippen LogP contribution in [-0.4, -0.2) is 31.5 Å². The smallest absolute Gasteiger partial charge is 0.159 e. The van der Waals surface area contributed by atoms with Crippen LogP contribution in [0, 0.1) is 0 Å². The van der Waals surface area contributed by atoms with Crippen molar-refractivity contribution in [1.29, 1.82) is 0 Å². The molecule has 0 fully saturated rings. The molecule has 4 N–H and O–H groups in total. The summed E-state index contributed by atoms with van der Waals surface area (Å²) in [4.78, 5) is 4.54. The summed E-state index contributed by atoms with van der Waals surface area (Å²) in [5, 5.41) is 15.9. The van der Waals surface area contributed by atoms with Crippen molar-refractivity contribution in [2.24, 2.45) is 0 Å². The van der Waals surface area contributed by atoms with E-state index in [4.69, 9.17) is 5.73 Å². The molecule has 0 amide bonds. The van der Waals surface area contributed by atoms with E-state index in [9.17, 15) is 5.11 Å². The first-order valence-electron chi connectivity index (χ1n) is 5.67. The zero-order valence-electron chi connectivity index (χ0n) is 9.67. The van der Waals surface area contributed by atoms with Crippen molar-refractivity contribution in [3.63, 3.8) is 0 Å². The number of aliphatic hydroxyl groups excluding tert-OH is 1. The van der Waals surface area contributed by atoms with Crippen molar-refractivity contribution < 1.29 is 5.11 Å². The normalized spacial score (nSPS) is 11.2. The Morgan fingerprint density at radius 2 is 2.17 bits per heavy atom. The molecule has 0 atom stereocenters. The molecule has 6 heteroatoms. The molecule has 3 rings (SSSR count). The predicted molar refractivity (Wildman–Crippen MR) is 68.8 cm³/mol. The molecule has 0 bridgehead atoms. The van der Waals surface area contributed by atoms with E-state index in [1.807, 2.05) is 28.8 Å². The van der Waals surface area contributed by atoms with Crippen molar-refractivity contribution in [3.05, 3.63) is 30.3 Å². The van der Waals surface area contributed by atoms with Crippen LogP contribution in [-0.2, 0) is 6.54 Å². The molecule has 2 aromatic heterocycles. The van der Waals surface area contributed by atoms with Gasteiger partial charge in [-0.3, -0.25) is 5.10 Å². The lowest BCUT2D eigenvalue weighted by Gasteiger charge is -2.05. The molecule has 0 aliphatic heterocycles. The lowest BCUT2D eigenvalue weighted by molar-refractivity contribution is 0.278. The number of para-hydroxylation sites is 2. The number of nitrogens with zero attached hydrogens (tertiary/aromatic N) is 3. The number of hydrogen-bond donors (Lipinski definition) is 3. The van der Waals surface area contributed by atoms with Gasteiger partial charge in [0.15, 0.2) is 5.82 Å². The van der Waals surface area contributed by atoms with Crippen LogP contribution >= 0.6 is 0 Å². The van der Waals surface area contributed by atoms with Crippen LogP contribution in [0.3, 0.4) is 0 Å². The Hall–Kier alpha value is -2.34. The molecule has 1 aromatic carbocycles. The fourth-order valence-electron chi connectivity index (χ4n) is 2.06. The van der Waals surface area contributed by atoms with Crippen LogP contribution in [0.15, 0.2) is 30.3 Å². The van der Waals surface area contributed by atoms with Crippen molar-refractivity contribution in [3.8, 4) is 11.5 Å². The molecule has 0 saturated carbocycles. The summed E-state index contributed by atoms with van der Waals surface area (Å²) in [7, 11) is 0. The number of nitrogen functional groups attached to an aromatic ring is 1. The highest BCUT2D eigenvalue weighted by Crippen LogP contribution is 2.24. The molecule has 0 spiro atoms. The molecule has 0 unspecified atom stereocenters. The monoisotopic (exact) mass is 243 g/mol. The maximum Gasteiger partial charge on any atom is 0.159 e. The third-order valence-electron chi connectivity index (χ3n) is 2.82. The van der Waals surface area contributed by atoms with Gasteiger partial charge < -0.3 is 15.4 Å². The van der Waals surface area contributed by atoms with Crippen molar-refractivity contribution in [1.82, 2.24) is 19.7 Å². The number of anilines is 1. The quantitative estimate of drug-likeness (QED) is 0.639. The van der Waals surface area contributed by atoms with Crippen LogP contribution in [0.4, 0.5) is 5.82 Å². The van der Waals surface area contributed by atoms with E-state index < -0.39 is 0 Å². The largest absolute Gasteiger partial charge is 0.395 e. The average molecular weight is 243 g/mol. The molecule has 3 aromatic rings. The maximum atomic E-state index is 9.17. The van der Waals surface area contributed by atoms with Gasteiger partial charge in [0.1, 0.15) is 11.5 Å². The summed E-state index contributed by atoms with van der Waals surface area (Å²) < 4.78 is 1.95. The number of fused-ring (bicyclic) bond motifs is 1. The highest BCUT2D eigenvalue weighted by atomic mass is 16.3. The first-order valence-corrected chi connectivity index (χ1v) is 5.67. The lowest BCUT2D eigenvalue weighted by atomic mass is 10.3. The number of aromatic nitrogens is 4. The highest BCUT2D eigenvalue weighted by Gasteiger charge is 2.13. The predicted octanol–water partition coefficient (Wildman–Crippen LogP) is 1.00. The van der Waals surface area contributed by atoms with Gasteiger partial charge in [0.25, 0.3) is 0 Å². The summed E-state index contributed by atoms with van der Waals surface area (Å²) in [6.07, 6.45) is 0. The van der Waals surface area contributed by atoms with Crippen LogP contribution in [0.5, 0.6) is 0 Å². The highest BCUT2D eigenvalue weighted by molar-refractivity contribution is 5.80. The number of H-pyrrole nitrogens is 1. The van der Waals surface area contributed by atoms with E-state index in [0.717, 1.165) is 22.6 Å². The number of imidazole rings is 1. The summed E-state index contributed by atoms with van der Waals surface area (Å²) in [5.74, 6) is 1.15. The number of rotatable bonds is 3. The zero-order chi connectivity index (χ0) is 12.5. The van der Waals surface area contributed by atoms with Gasteiger partial charge in [0, 0.05) is 12.6 Å². The molecular weight excluding hydrogens is 230 g/mol. The molecule has 0 saturated heterocycles. The van der Waals surface area contributed by atoms with Gasteiger partial charge >= 0.3 is 0 Å². The van der Waals surface area contributed by atoms with Crippen LogP contribution in [0.2, 0.25) is 0 Å². The molecule has 0 aliphatic rings. The Labute approximate surface area is 103 Å². The van der Waals surface area contributed by atoms with Crippen molar-refractivity contribution >= 4 is 16.9 Å². The Balaban J connectivity index is 2.24. The number of nitrogens with two attached hydrogens (primary N) is 1. The SMILES string of the molecule is Nc1cc(-c2nc3ccccc3n2CCO)[nH]n1. The Morgan fingerprint density at radius 3 is 2.89 bits per heavy atom. The van der Waals surface area contributed by atoms with Gasteiger partial charge in [0.2, 0.25) is 0 Å². The van der Waals surface area contributed by atoms with Crippen molar-refractivity contribution in [2.45, 2.75) is 6.54 Å². The fourth-order valence-corrected chi connectivity index (χ4v) is 2.06. The van der Waals surface area contributed by atoms with E-state index in [-0.39, 0.29) is 6.61 Å². The van der Waals surface area contributed by atoms with E-state index in [0.29, 0.717) is 12.4 Å². The minimum absolute atomic E-state index is 0.0526. The van der Waals surface area contributed by atoms with Crippen LogP contribution in [0.25, 0.3) is 22.6 Å². The minimum atomic E-state index is 0.0526. The van der Waals surface area contributed by atoms with Crippen molar-refractivity contribution in [2.75, 3.05) is 12.3 Å². The van der Waals surface area contributed by atoms with Crippen LogP contribution < -0.4 is 5.73 Å². The number of aliphatic hydroxyl groups is 1. The number of nitrogens with one attached hydrogen (secondary N) is 1. The van der Waals surface area contributed by atoms with Gasteiger partial charge in [-0.15, -0.1) is 0 Å². The molecule has 0 radical (unpaired) electrons. The van der Waals surface area contributed by atoms with E-state index in [1.54, 1.807) is 6.07 Å². The Morgan fingerprint density at radius 1 is 1.33 bits per heavy atom. The summed E-state index contributed by atoms with van der Waals surface area (Å²) >= 11 is 0. The minimum Gasteiger partial charge on any atom is -0.395 e. The standard InChI is InChI=1S/C12H13N5O/c13-11-7-9(15-16-11)12-14-8-3-1-2-4-10(8)17(12)5-6-18/h1-4,7,18H,5-6H2,(H3,13,15,16).